The number of likely N-dealkylation sites (tertiary alicyclic amines) is 1. The summed E-state index contributed by atoms with van der Waals surface area (Å²) >= 11 is 0. The second-order valence-corrected chi connectivity index (χ2v) is 9.73. The molecule has 0 atom stereocenters. The second-order valence-electron chi connectivity index (χ2n) is 9.73. The van der Waals surface area contributed by atoms with Gasteiger partial charge in [-0.05, 0) is 70.2 Å². The fourth-order valence-corrected chi connectivity index (χ4v) is 5.85. The SMILES string of the molecule is CC1=C(N2CCC3(CCC(N(C)Cc4ccc5c(c4C)COC5=O)CC3)C2=O)COC1=O. The summed E-state index contributed by atoms with van der Waals surface area (Å²) in [5, 5.41) is 0. The van der Waals surface area contributed by atoms with Crippen molar-refractivity contribution in [1.29, 1.82) is 0 Å². The van der Waals surface area contributed by atoms with E-state index in [1.807, 2.05) is 17.0 Å². The number of hydrogen-bond acceptors (Lipinski definition) is 6. The molecule has 0 radical (unpaired) electrons. The van der Waals surface area contributed by atoms with Crippen molar-refractivity contribution in [2.75, 3.05) is 20.2 Å². The Morgan fingerprint density at radius 3 is 2.44 bits per heavy atom. The highest BCUT2D eigenvalue weighted by atomic mass is 16.5. The molecule has 1 spiro atoms. The maximum Gasteiger partial charge on any atom is 0.338 e. The van der Waals surface area contributed by atoms with Gasteiger partial charge in [-0.25, -0.2) is 9.59 Å². The Balaban J connectivity index is 1.23. The lowest BCUT2D eigenvalue weighted by Gasteiger charge is -2.39. The van der Waals surface area contributed by atoms with E-state index in [4.69, 9.17) is 9.47 Å². The van der Waals surface area contributed by atoms with Crippen LogP contribution in [0.15, 0.2) is 23.4 Å². The molecule has 0 bridgehead atoms. The van der Waals surface area contributed by atoms with Crippen molar-refractivity contribution >= 4 is 17.8 Å². The van der Waals surface area contributed by atoms with E-state index in [9.17, 15) is 14.4 Å². The van der Waals surface area contributed by atoms with Crippen molar-refractivity contribution in [3.8, 4) is 0 Å². The topological polar surface area (TPSA) is 76.2 Å². The zero-order chi connectivity index (χ0) is 22.6. The molecule has 1 aromatic rings. The molecule has 3 aliphatic heterocycles. The van der Waals surface area contributed by atoms with Crippen LogP contribution in [0.4, 0.5) is 0 Å². The summed E-state index contributed by atoms with van der Waals surface area (Å²) in [6.45, 7) is 5.90. The lowest BCUT2D eigenvalue weighted by molar-refractivity contribution is -0.138. The number of hydrogen-bond donors (Lipinski definition) is 0. The minimum atomic E-state index is -0.308. The number of cyclic esters (lactones) is 2. The molecular formula is C25H30N2O5. The van der Waals surface area contributed by atoms with Gasteiger partial charge in [0, 0.05) is 24.7 Å². The number of carbonyl (C=O) groups is 3. The van der Waals surface area contributed by atoms with Gasteiger partial charge in [0.05, 0.1) is 22.2 Å². The summed E-state index contributed by atoms with van der Waals surface area (Å²) in [5.41, 5.74) is 5.10. The summed E-state index contributed by atoms with van der Waals surface area (Å²) in [7, 11) is 2.15. The van der Waals surface area contributed by atoms with Crippen LogP contribution < -0.4 is 0 Å². The van der Waals surface area contributed by atoms with Crippen molar-refractivity contribution in [1.82, 2.24) is 9.80 Å². The van der Waals surface area contributed by atoms with Crippen LogP contribution in [-0.4, -0.2) is 53.9 Å². The van der Waals surface area contributed by atoms with Crippen molar-refractivity contribution < 1.29 is 23.9 Å². The Kier molecular flexibility index (Phi) is 5.12. The highest BCUT2D eigenvalue weighted by Crippen LogP contribution is 2.47. The third kappa shape index (κ3) is 3.25. The summed E-state index contributed by atoms with van der Waals surface area (Å²) in [6.07, 6.45) is 4.57. The smallest absolute Gasteiger partial charge is 0.338 e. The summed E-state index contributed by atoms with van der Waals surface area (Å²) < 4.78 is 10.3. The molecular weight excluding hydrogens is 408 g/mol. The van der Waals surface area contributed by atoms with E-state index in [0.29, 0.717) is 30.3 Å². The van der Waals surface area contributed by atoms with Crippen LogP contribution >= 0.6 is 0 Å². The minimum absolute atomic E-state index is 0.172. The van der Waals surface area contributed by atoms with Gasteiger partial charge >= 0.3 is 11.9 Å². The molecule has 0 aromatic heterocycles. The predicted molar refractivity (Wildman–Crippen MR) is 116 cm³/mol. The molecule has 0 unspecified atom stereocenters. The number of nitrogens with zero attached hydrogens (tertiary/aromatic N) is 2. The zero-order valence-electron chi connectivity index (χ0n) is 19.0. The number of benzene rings is 1. The minimum Gasteiger partial charge on any atom is -0.457 e. The third-order valence-corrected chi connectivity index (χ3v) is 8.15. The molecule has 1 saturated heterocycles. The Morgan fingerprint density at radius 2 is 1.75 bits per heavy atom. The van der Waals surface area contributed by atoms with Gasteiger partial charge in [0.2, 0.25) is 5.91 Å². The maximum atomic E-state index is 13.3. The van der Waals surface area contributed by atoms with Gasteiger partial charge in [-0.15, -0.1) is 0 Å². The first kappa shape index (κ1) is 21.2. The van der Waals surface area contributed by atoms with Crippen LogP contribution in [0.3, 0.4) is 0 Å². The summed E-state index contributed by atoms with van der Waals surface area (Å²) in [5.74, 6) is -0.363. The molecule has 2 fully saturated rings. The van der Waals surface area contributed by atoms with Gasteiger partial charge in [-0.1, -0.05) is 6.07 Å². The average molecular weight is 439 g/mol. The number of rotatable bonds is 4. The third-order valence-electron chi connectivity index (χ3n) is 8.15. The van der Waals surface area contributed by atoms with Crippen molar-refractivity contribution in [3.63, 3.8) is 0 Å². The fraction of sp³-hybridized carbons (Fsp3) is 0.560. The lowest BCUT2D eigenvalue weighted by atomic mass is 9.71. The van der Waals surface area contributed by atoms with E-state index in [1.54, 1.807) is 6.92 Å². The molecule has 170 valence electrons. The lowest BCUT2D eigenvalue weighted by Crippen LogP contribution is -2.42. The second kappa shape index (κ2) is 7.73. The molecule has 5 rings (SSSR count). The Bertz CT molecular complexity index is 1040. The summed E-state index contributed by atoms with van der Waals surface area (Å²) in [4.78, 5) is 41.1. The van der Waals surface area contributed by atoms with Gasteiger partial charge in [-0.3, -0.25) is 9.69 Å². The molecule has 32 heavy (non-hydrogen) atoms. The Morgan fingerprint density at radius 1 is 1.03 bits per heavy atom. The standard InChI is InChI=1S/C25H30N2O5/c1-15-17(4-5-19-20(15)13-31-23(19)29)12-26(3)18-6-8-25(9-7-18)10-11-27(24(25)30)21-14-32-22(28)16(21)2/h4-5,18H,6-14H2,1-3H3. The molecule has 4 aliphatic rings. The number of ether oxygens (including phenoxy) is 2. The van der Waals surface area contributed by atoms with Gasteiger partial charge in [0.25, 0.3) is 0 Å². The average Bonchev–Trinajstić information content (AvgIpc) is 3.42. The fourth-order valence-electron chi connectivity index (χ4n) is 5.85. The van der Waals surface area contributed by atoms with E-state index in [-0.39, 0.29) is 29.9 Å². The maximum absolute atomic E-state index is 13.3. The molecule has 1 aromatic carbocycles. The van der Waals surface area contributed by atoms with Gasteiger partial charge in [0.1, 0.15) is 13.2 Å². The van der Waals surface area contributed by atoms with E-state index in [1.165, 1.54) is 5.56 Å². The van der Waals surface area contributed by atoms with Crippen LogP contribution in [0.2, 0.25) is 0 Å². The van der Waals surface area contributed by atoms with E-state index < -0.39 is 0 Å². The van der Waals surface area contributed by atoms with Crippen LogP contribution in [0.5, 0.6) is 0 Å². The zero-order valence-corrected chi connectivity index (χ0v) is 19.0. The highest BCUT2D eigenvalue weighted by Gasteiger charge is 2.50. The normalized spacial score (nSPS) is 27.6. The first-order valence-corrected chi connectivity index (χ1v) is 11.5. The van der Waals surface area contributed by atoms with Crippen molar-refractivity contribution in [3.05, 3.63) is 45.7 Å². The number of esters is 2. The number of fused-ring (bicyclic) bond motifs is 1. The van der Waals surface area contributed by atoms with E-state index in [2.05, 4.69) is 18.9 Å². The van der Waals surface area contributed by atoms with Crippen molar-refractivity contribution in [2.45, 2.75) is 65.1 Å². The predicted octanol–water partition coefficient (Wildman–Crippen LogP) is 3.09. The van der Waals surface area contributed by atoms with Crippen LogP contribution in [0, 0.1) is 12.3 Å². The molecule has 1 amide bonds. The first-order valence-electron chi connectivity index (χ1n) is 11.5. The van der Waals surface area contributed by atoms with Crippen LogP contribution in [0.25, 0.3) is 0 Å². The molecule has 1 aliphatic carbocycles. The van der Waals surface area contributed by atoms with Gasteiger partial charge in [-0.2, -0.15) is 0 Å². The Labute approximate surface area is 188 Å². The largest absolute Gasteiger partial charge is 0.457 e. The Hall–Kier alpha value is -2.67. The van der Waals surface area contributed by atoms with E-state index in [0.717, 1.165) is 55.5 Å². The molecule has 0 N–H and O–H groups in total. The monoisotopic (exact) mass is 438 g/mol. The van der Waals surface area contributed by atoms with Crippen molar-refractivity contribution in [2.24, 2.45) is 5.41 Å². The van der Waals surface area contributed by atoms with Gasteiger partial charge < -0.3 is 14.4 Å². The summed E-state index contributed by atoms with van der Waals surface area (Å²) in [6, 6.07) is 4.35. The first-order chi connectivity index (χ1) is 15.3. The van der Waals surface area contributed by atoms with Crippen LogP contribution in [0.1, 0.15) is 66.1 Å². The van der Waals surface area contributed by atoms with Gasteiger partial charge in [0.15, 0.2) is 0 Å². The highest BCUT2D eigenvalue weighted by molar-refractivity contribution is 5.94. The molecule has 7 heteroatoms. The molecule has 7 nitrogen and oxygen atoms in total. The molecule has 3 heterocycles. The number of amides is 1. The quantitative estimate of drug-likeness (QED) is 0.673. The number of carbonyl (C=O) groups excluding carboxylic acids is 3. The van der Waals surface area contributed by atoms with Crippen LogP contribution in [-0.2, 0) is 32.2 Å². The van der Waals surface area contributed by atoms with E-state index >= 15 is 0 Å². The molecule has 1 saturated carbocycles.